The van der Waals surface area contributed by atoms with Crippen molar-refractivity contribution in [1.29, 1.82) is 0 Å². The largest absolute Gasteiger partial charge is 0.379 e. The molecule has 0 aromatic heterocycles. The van der Waals surface area contributed by atoms with Crippen LogP contribution in [0.4, 0.5) is 0 Å². The highest BCUT2D eigenvalue weighted by molar-refractivity contribution is 4.82. The molecule has 0 bridgehead atoms. The van der Waals surface area contributed by atoms with Gasteiger partial charge in [-0.3, -0.25) is 4.90 Å². The summed E-state index contributed by atoms with van der Waals surface area (Å²) < 4.78 is 0. The fraction of sp³-hybridized carbons (Fsp3) is 1.00. The molecule has 0 saturated carbocycles. The van der Waals surface area contributed by atoms with Crippen molar-refractivity contribution < 1.29 is 5.11 Å². The van der Waals surface area contributed by atoms with Gasteiger partial charge in [0.2, 0.25) is 0 Å². The van der Waals surface area contributed by atoms with E-state index in [9.17, 15) is 0 Å². The highest BCUT2D eigenvalue weighted by Gasteiger charge is 2.25. The molecular formula is C5H12N2O. The predicted octanol–water partition coefficient (Wildman–Crippen LogP) is -1.03. The van der Waals surface area contributed by atoms with E-state index in [-0.39, 0.29) is 6.23 Å². The van der Waals surface area contributed by atoms with Crippen molar-refractivity contribution in [3.8, 4) is 0 Å². The van der Waals surface area contributed by atoms with Crippen molar-refractivity contribution >= 4 is 0 Å². The Morgan fingerprint density at radius 2 is 2.25 bits per heavy atom. The van der Waals surface area contributed by atoms with Gasteiger partial charge in [0.1, 0.15) is 6.23 Å². The number of nitrogens with zero attached hydrogens (tertiary/aromatic N) is 1. The number of hydrogen-bond donors (Lipinski definition) is 2. The first kappa shape index (κ1) is 6.01. The van der Waals surface area contributed by atoms with E-state index in [1.807, 2.05) is 4.90 Å². The number of hydrogen-bond acceptors (Lipinski definition) is 3. The summed E-state index contributed by atoms with van der Waals surface area (Å²) in [7, 11) is 0. The molecule has 48 valence electrons. The van der Waals surface area contributed by atoms with Crippen LogP contribution in [0.5, 0.6) is 0 Å². The third-order valence-corrected chi connectivity index (χ3v) is 1.47. The first-order chi connectivity index (χ1) is 3.70. The van der Waals surface area contributed by atoms with Gasteiger partial charge in [-0.25, -0.2) is 0 Å². The van der Waals surface area contributed by atoms with E-state index in [4.69, 9.17) is 10.8 Å². The van der Waals surface area contributed by atoms with Gasteiger partial charge in [-0.05, 0) is 6.92 Å². The Bertz CT molecular complexity index is 78.5. The average molecular weight is 116 g/mol. The summed E-state index contributed by atoms with van der Waals surface area (Å²) in [4.78, 5) is 1.92. The van der Waals surface area contributed by atoms with Crippen LogP contribution in [0.25, 0.3) is 0 Å². The standard InChI is InChI=1S/C5H12N2O/c1-4(8)7-2-5(6)3-7/h4-5,8H,2-3,6H2,1H3. The highest BCUT2D eigenvalue weighted by Crippen LogP contribution is 2.06. The molecule has 0 spiro atoms. The smallest absolute Gasteiger partial charge is 0.104 e. The van der Waals surface area contributed by atoms with Gasteiger partial charge in [0.05, 0.1) is 0 Å². The Morgan fingerprint density at radius 1 is 1.75 bits per heavy atom. The van der Waals surface area contributed by atoms with Crippen LogP contribution < -0.4 is 5.73 Å². The summed E-state index contributed by atoms with van der Waals surface area (Å²) >= 11 is 0. The van der Waals surface area contributed by atoms with Crippen LogP contribution in [-0.4, -0.2) is 35.4 Å². The first-order valence-electron chi connectivity index (χ1n) is 2.88. The van der Waals surface area contributed by atoms with Crippen molar-refractivity contribution in [3.05, 3.63) is 0 Å². The first-order valence-corrected chi connectivity index (χ1v) is 2.88. The molecule has 1 atom stereocenters. The minimum absolute atomic E-state index is 0.296. The molecule has 1 aliphatic rings. The highest BCUT2D eigenvalue weighted by atomic mass is 16.3. The summed E-state index contributed by atoms with van der Waals surface area (Å²) in [6, 6.07) is 0.296. The molecule has 0 aliphatic carbocycles. The topological polar surface area (TPSA) is 49.5 Å². The number of likely N-dealkylation sites (tertiary alicyclic amines) is 1. The Kier molecular flexibility index (Phi) is 1.51. The lowest BCUT2D eigenvalue weighted by molar-refractivity contribution is -0.0312. The zero-order valence-corrected chi connectivity index (χ0v) is 5.04. The van der Waals surface area contributed by atoms with Crippen LogP contribution >= 0.6 is 0 Å². The monoisotopic (exact) mass is 116 g/mol. The van der Waals surface area contributed by atoms with E-state index < -0.39 is 0 Å². The molecule has 1 unspecified atom stereocenters. The number of aliphatic hydroxyl groups is 1. The van der Waals surface area contributed by atoms with Crippen molar-refractivity contribution in [2.24, 2.45) is 5.73 Å². The lowest BCUT2D eigenvalue weighted by atomic mass is 10.1. The van der Waals surface area contributed by atoms with E-state index >= 15 is 0 Å². The lowest BCUT2D eigenvalue weighted by Crippen LogP contribution is -2.58. The van der Waals surface area contributed by atoms with Crippen molar-refractivity contribution in [2.75, 3.05) is 13.1 Å². The van der Waals surface area contributed by atoms with E-state index in [1.165, 1.54) is 0 Å². The fourth-order valence-corrected chi connectivity index (χ4v) is 0.854. The van der Waals surface area contributed by atoms with Crippen molar-refractivity contribution in [3.63, 3.8) is 0 Å². The van der Waals surface area contributed by atoms with Gasteiger partial charge in [-0.2, -0.15) is 0 Å². The number of aliphatic hydroxyl groups excluding tert-OH is 1. The average Bonchev–Trinajstić information content (AvgIpc) is 1.57. The molecule has 1 rings (SSSR count). The Balaban J connectivity index is 2.15. The summed E-state index contributed by atoms with van der Waals surface area (Å²) in [6.07, 6.45) is -0.310. The zero-order chi connectivity index (χ0) is 6.15. The quantitative estimate of drug-likeness (QED) is 0.460. The van der Waals surface area contributed by atoms with Crippen LogP contribution in [0.1, 0.15) is 6.92 Å². The Morgan fingerprint density at radius 3 is 2.38 bits per heavy atom. The molecule has 3 N–H and O–H groups in total. The maximum absolute atomic E-state index is 8.86. The fourth-order valence-electron chi connectivity index (χ4n) is 0.854. The predicted molar refractivity (Wildman–Crippen MR) is 31.2 cm³/mol. The molecule has 1 saturated heterocycles. The minimum atomic E-state index is -0.310. The van der Waals surface area contributed by atoms with Crippen LogP contribution in [0.3, 0.4) is 0 Å². The summed E-state index contributed by atoms with van der Waals surface area (Å²) in [5, 5.41) is 8.86. The Labute approximate surface area is 49.1 Å². The van der Waals surface area contributed by atoms with Gasteiger partial charge in [-0.15, -0.1) is 0 Å². The van der Waals surface area contributed by atoms with Crippen LogP contribution in [0.2, 0.25) is 0 Å². The molecule has 1 fully saturated rings. The molecule has 0 aromatic carbocycles. The van der Waals surface area contributed by atoms with Gasteiger partial charge < -0.3 is 10.8 Å². The maximum atomic E-state index is 8.86. The van der Waals surface area contributed by atoms with Crippen LogP contribution in [0, 0.1) is 0 Å². The molecule has 0 amide bonds. The van der Waals surface area contributed by atoms with E-state index in [2.05, 4.69) is 0 Å². The molecule has 1 heterocycles. The molecule has 3 nitrogen and oxygen atoms in total. The summed E-state index contributed by atoms with van der Waals surface area (Å²) in [5.41, 5.74) is 5.45. The SMILES string of the molecule is CC(O)N1CC(N)C1. The van der Waals surface area contributed by atoms with E-state index in [0.29, 0.717) is 6.04 Å². The Hall–Kier alpha value is -0.120. The maximum Gasteiger partial charge on any atom is 0.104 e. The van der Waals surface area contributed by atoms with Gasteiger partial charge >= 0.3 is 0 Å². The second-order valence-electron chi connectivity index (χ2n) is 2.35. The van der Waals surface area contributed by atoms with Gasteiger partial charge in [0.25, 0.3) is 0 Å². The van der Waals surface area contributed by atoms with Crippen molar-refractivity contribution in [2.45, 2.75) is 19.2 Å². The normalized spacial score (nSPS) is 27.4. The second kappa shape index (κ2) is 2.01. The minimum Gasteiger partial charge on any atom is -0.379 e. The molecule has 8 heavy (non-hydrogen) atoms. The second-order valence-corrected chi connectivity index (χ2v) is 2.35. The van der Waals surface area contributed by atoms with Gasteiger partial charge in [0, 0.05) is 19.1 Å². The van der Waals surface area contributed by atoms with E-state index in [1.54, 1.807) is 6.92 Å². The molecule has 3 heteroatoms. The molecule has 1 aliphatic heterocycles. The van der Waals surface area contributed by atoms with Crippen LogP contribution in [0.15, 0.2) is 0 Å². The van der Waals surface area contributed by atoms with Crippen LogP contribution in [-0.2, 0) is 0 Å². The van der Waals surface area contributed by atoms with Gasteiger partial charge in [-0.1, -0.05) is 0 Å². The third-order valence-electron chi connectivity index (χ3n) is 1.47. The number of nitrogens with two attached hydrogens (primary N) is 1. The molecular weight excluding hydrogens is 104 g/mol. The zero-order valence-electron chi connectivity index (χ0n) is 5.04. The van der Waals surface area contributed by atoms with Crippen molar-refractivity contribution in [1.82, 2.24) is 4.90 Å². The van der Waals surface area contributed by atoms with E-state index in [0.717, 1.165) is 13.1 Å². The lowest BCUT2D eigenvalue weighted by Gasteiger charge is -2.38. The summed E-state index contributed by atoms with van der Waals surface area (Å²) in [6.45, 7) is 3.45. The number of rotatable bonds is 1. The molecule has 0 radical (unpaired) electrons. The third kappa shape index (κ3) is 0.992. The van der Waals surface area contributed by atoms with Gasteiger partial charge in [0.15, 0.2) is 0 Å². The summed E-state index contributed by atoms with van der Waals surface area (Å²) in [5.74, 6) is 0. The molecule has 0 aromatic rings.